The molecule has 1 heterocycles. The van der Waals surface area contributed by atoms with Gasteiger partial charge in [-0.2, -0.15) is 0 Å². The van der Waals surface area contributed by atoms with Crippen molar-refractivity contribution in [3.05, 3.63) is 77.5 Å². The highest BCUT2D eigenvalue weighted by molar-refractivity contribution is 5.74. The fourth-order valence-corrected chi connectivity index (χ4v) is 3.79. The van der Waals surface area contributed by atoms with E-state index in [0.717, 1.165) is 27.9 Å². The number of benzene rings is 2. The zero-order chi connectivity index (χ0) is 23.8. The van der Waals surface area contributed by atoms with Gasteiger partial charge in [-0.1, -0.05) is 30.3 Å². The van der Waals surface area contributed by atoms with Gasteiger partial charge in [0.1, 0.15) is 12.4 Å². The molecule has 2 N–H and O–H groups in total. The molecule has 3 aromatic rings. The van der Waals surface area contributed by atoms with Crippen molar-refractivity contribution < 1.29 is 29.3 Å². The highest BCUT2D eigenvalue weighted by Crippen LogP contribution is 2.27. The van der Waals surface area contributed by atoms with E-state index in [0.29, 0.717) is 31.9 Å². The maximum atomic E-state index is 11.3. The van der Waals surface area contributed by atoms with Gasteiger partial charge in [0.25, 0.3) is 0 Å². The first-order valence-corrected chi connectivity index (χ1v) is 10.9. The number of ether oxygens (including phenoxy) is 2. The average molecular weight is 452 g/mol. The molecule has 33 heavy (non-hydrogen) atoms. The molecule has 1 atom stereocenters. The average Bonchev–Trinajstić information content (AvgIpc) is 3.24. The third-order valence-electron chi connectivity index (χ3n) is 5.48. The molecule has 0 fully saturated rings. The van der Waals surface area contributed by atoms with Gasteiger partial charge >= 0.3 is 11.9 Å². The van der Waals surface area contributed by atoms with Crippen LogP contribution in [0.3, 0.4) is 0 Å². The largest absolute Gasteiger partial charge is 0.492 e. The van der Waals surface area contributed by atoms with Gasteiger partial charge in [0.15, 0.2) is 6.10 Å². The molecule has 7 heteroatoms. The van der Waals surface area contributed by atoms with E-state index in [4.69, 9.17) is 14.6 Å². The Balaban J connectivity index is 1.61. The summed E-state index contributed by atoms with van der Waals surface area (Å²) in [4.78, 5) is 22.4. The Kier molecular flexibility index (Phi) is 8.27. The molecule has 0 radical (unpaired) electrons. The molecule has 0 amide bonds. The van der Waals surface area contributed by atoms with Crippen molar-refractivity contribution in [3.63, 3.8) is 0 Å². The first-order valence-electron chi connectivity index (χ1n) is 10.9. The van der Waals surface area contributed by atoms with Crippen LogP contribution in [0.1, 0.15) is 23.6 Å². The fourth-order valence-electron chi connectivity index (χ4n) is 3.79. The van der Waals surface area contributed by atoms with E-state index in [-0.39, 0.29) is 6.42 Å². The van der Waals surface area contributed by atoms with Crippen molar-refractivity contribution in [3.8, 4) is 17.0 Å². The fraction of sp³-hybridized carbons (Fsp3) is 0.308. The van der Waals surface area contributed by atoms with E-state index in [9.17, 15) is 14.7 Å². The van der Waals surface area contributed by atoms with Crippen LogP contribution in [0.5, 0.6) is 5.75 Å². The highest BCUT2D eigenvalue weighted by atomic mass is 16.5. The normalized spacial score (nSPS) is 11.8. The second kappa shape index (κ2) is 11.3. The van der Waals surface area contributed by atoms with Gasteiger partial charge in [0, 0.05) is 30.5 Å². The molecule has 1 unspecified atom stereocenters. The molecule has 0 aliphatic heterocycles. The summed E-state index contributed by atoms with van der Waals surface area (Å²) in [6.07, 6.45) is 1.42. The predicted molar refractivity (Wildman–Crippen MR) is 125 cm³/mol. The van der Waals surface area contributed by atoms with Crippen LogP contribution in [0.25, 0.3) is 11.3 Å². The number of hydrogen-bond acceptors (Lipinski definition) is 4. The second-order valence-corrected chi connectivity index (χ2v) is 7.73. The van der Waals surface area contributed by atoms with Crippen LogP contribution >= 0.6 is 0 Å². The number of nitrogens with zero attached hydrogens (tertiary/aromatic N) is 1. The first kappa shape index (κ1) is 24.1. The standard InChI is InChI=1S/C26H29NO6/c1-3-32-24(26(30)31)16-19-9-11-21(12-10-19)33-15-14-27-13-5-8-23(27)22-7-4-6-20(18(22)2)17-25(28)29/h4-13,24H,3,14-17H2,1-2H3,(H,28,29)(H,30,31). The van der Waals surface area contributed by atoms with Crippen molar-refractivity contribution in [1.82, 2.24) is 4.57 Å². The van der Waals surface area contributed by atoms with Gasteiger partial charge in [0.05, 0.1) is 13.0 Å². The van der Waals surface area contributed by atoms with E-state index < -0.39 is 18.0 Å². The van der Waals surface area contributed by atoms with E-state index in [1.54, 1.807) is 6.92 Å². The van der Waals surface area contributed by atoms with Crippen molar-refractivity contribution >= 4 is 11.9 Å². The zero-order valence-corrected chi connectivity index (χ0v) is 18.9. The number of aliphatic carboxylic acids is 2. The minimum Gasteiger partial charge on any atom is -0.492 e. The van der Waals surface area contributed by atoms with Gasteiger partial charge in [-0.15, -0.1) is 0 Å². The topological polar surface area (TPSA) is 98.0 Å². The number of carbonyl (C=O) groups is 2. The number of rotatable bonds is 12. The Morgan fingerprint density at radius 1 is 1.03 bits per heavy atom. The molecule has 0 aliphatic carbocycles. The smallest absolute Gasteiger partial charge is 0.333 e. The molecular weight excluding hydrogens is 422 g/mol. The Morgan fingerprint density at radius 3 is 2.45 bits per heavy atom. The predicted octanol–water partition coefficient (Wildman–Crippen LogP) is 4.20. The van der Waals surface area contributed by atoms with Gasteiger partial charge in [0.2, 0.25) is 0 Å². The molecule has 0 spiro atoms. The number of aromatic nitrogens is 1. The third kappa shape index (κ3) is 6.46. The summed E-state index contributed by atoms with van der Waals surface area (Å²) in [5.41, 5.74) is 4.65. The molecule has 0 saturated heterocycles. The van der Waals surface area contributed by atoms with E-state index in [2.05, 4.69) is 4.57 Å². The van der Waals surface area contributed by atoms with Crippen molar-refractivity contribution in [2.45, 2.75) is 39.3 Å². The van der Waals surface area contributed by atoms with Crippen LogP contribution in [0, 0.1) is 6.92 Å². The molecule has 7 nitrogen and oxygen atoms in total. The lowest BCUT2D eigenvalue weighted by Gasteiger charge is -2.15. The first-order chi connectivity index (χ1) is 15.9. The summed E-state index contributed by atoms with van der Waals surface area (Å²) in [7, 11) is 0. The Morgan fingerprint density at radius 2 is 1.79 bits per heavy atom. The van der Waals surface area contributed by atoms with Crippen LogP contribution in [-0.2, 0) is 33.7 Å². The quantitative estimate of drug-likeness (QED) is 0.428. The Hall–Kier alpha value is -3.58. The Labute approximate surface area is 193 Å². The van der Waals surface area contributed by atoms with Crippen LogP contribution < -0.4 is 4.74 Å². The molecule has 174 valence electrons. The van der Waals surface area contributed by atoms with Crippen molar-refractivity contribution in [2.75, 3.05) is 13.2 Å². The van der Waals surface area contributed by atoms with Crippen LogP contribution in [0.15, 0.2) is 60.8 Å². The maximum Gasteiger partial charge on any atom is 0.333 e. The minimum atomic E-state index is -0.969. The highest BCUT2D eigenvalue weighted by Gasteiger charge is 2.18. The number of hydrogen-bond donors (Lipinski definition) is 2. The molecular formula is C26H29NO6. The molecule has 0 aliphatic rings. The summed E-state index contributed by atoms with van der Waals surface area (Å²) >= 11 is 0. The number of carboxylic acids is 2. The minimum absolute atomic E-state index is 0.00271. The number of carboxylic acid groups (broad SMARTS) is 2. The molecule has 1 aromatic heterocycles. The lowest BCUT2D eigenvalue weighted by molar-refractivity contribution is -0.150. The summed E-state index contributed by atoms with van der Waals surface area (Å²) < 4.78 is 13.2. The Bertz CT molecular complexity index is 1090. The zero-order valence-electron chi connectivity index (χ0n) is 18.9. The lowest BCUT2D eigenvalue weighted by atomic mass is 9.98. The van der Waals surface area contributed by atoms with Crippen LogP contribution in [0.4, 0.5) is 0 Å². The molecule has 0 saturated carbocycles. The van der Waals surface area contributed by atoms with Crippen LogP contribution in [-0.4, -0.2) is 46.0 Å². The summed E-state index contributed by atoms with van der Waals surface area (Å²) in [5, 5.41) is 18.4. The van der Waals surface area contributed by atoms with E-state index >= 15 is 0 Å². The second-order valence-electron chi connectivity index (χ2n) is 7.73. The lowest BCUT2D eigenvalue weighted by Crippen LogP contribution is -2.26. The third-order valence-corrected chi connectivity index (χ3v) is 5.48. The molecule has 3 rings (SSSR count). The molecule has 2 aromatic carbocycles. The van der Waals surface area contributed by atoms with Gasteiger partial charge < -0.3 is 24.3 Å². The van der Waals surface area contributed by atoms with Gasteiger partial charge in [-0.25, -0.2) is 4.79 Å². The monoisotopic (exact) mass is 451 g/mol. The summed E-state index contributed by atoms with van der Waals surface area (Å²) in [6.45, 7) is 5.15. The van der Waals surface area contributed by atoms with E-state index in [1.807, 2.05) is 67.7 Å². The van der Waals surface area contributed by atoms with Gasteiger partial charge in [-0.3, -0.25) is 4.79 Å². The maximum absolute atomic E-state index is 11.3. The van der Waals surface area contributed by atoms with Crippen molar-refractivity contribution in [1.29, 1.82) is 0 Å². The molecule has 0 bridgehead atoms. The SMILES string of the molecule is CCOC(Cc1ccc(OCCn2cccc2-c2cccc(CC(=O)O)c2C)cc1)C(=O)O. The summed E-state index contributed by atoms with van der Waals surface area (Å²) in [6, 6.07) is 17.1. The van der Waals surface area contributed by atoms with E-state index in [1.165, 1.54) is 0 Å². The van der Waals surface area contributed by atoms with Gasteiger partial charge in [-0.05, 0) is 54.8 Å². The summed E-state index contributed by atoms with van der Waals surface area (Å²) in [5.74, 6) is -1.11. The van der Waals surface area contributed by atoms with Crippen LogP contribution in [0.2, 0.25) is 0 Å². The van der Waals surface area contributed by atoms with Crippen molar-refractivity contribution in [2.24, 2.45) is 0 Å².